The fraction of sp³-hybridized carbons (Fsp3) is 0.154. The number of amides is 3. The van der Waals surface area contributed by atoms with Crippen molar-refractivity contribution >= 4 is 46.9 Å². The second kappa shape index (κ2) is 12.9. The van der Waals surface area contributed by atoms with Gasteiger partial charge in [-0.25, -0.2) is 9.18 Å². The van der Waals surface area contributed by atoms with E-state index in [1.165, 1.54) is 42.5 Å². The molecule has 3 amide bonds. The van der Waals surface area contributed by atoms with Gasteiger partial charge < -0.3 is 26.2 Å². The van der Waals surface area contributed by atoms with Gasteiger partial charge in [-0.2, -0.15) is 0 Å². The second-order valence-electron chi connectivity index (χ2n) is 8.09. The SMILES string of the molecule is O=C(NCC[C@H](NC(=O)c1c(Cl)cc(C(=O)NCc2cccc(O)c2)cc1Cl)C(=O)O)c1cccc(F)c1. The van der Waals surface area contributed by atoms with Gasteiger partial charge in [0.2, 0.25) is 0 Å². The lowest BCUT2D eigenvalue weighted by molar-refractivity contribution is -0.139. The molecule has 0 aliphatic carbocycles. The number of carboxylic acid groups (broad SMARTS) is 1. The van der Waals surface area contributed by atoms with E-state index in [1.807, 2.05) is 0 Å². The first kappa shape index (κ1) is 28.4. The van der Waals surface area contributed by atoms with E-state index in [0.717, 1.165) is 6.07 Å². The van der Waals surface area contributed by atoms with Gasteiger partial charge in [-0.15, -0.1) is 0 Å². The topological polar surface area (TPSA) is 145 Å². The summed E-state index contributed by atoms with van der Waals surface area (Å²) in [6.07, 6.45) is -0.188. The lowest BCUT2D eigenvalue weighted by Crippen LogP contribution is -2.43. The van der Waals surface area contributed by atoms with Crippen LogP contribution in [0.15, 0.2) is 60.7 Å². The first-order valence-electron chi connectivity index (χ1n) is 11.2. The number of carbonyl (C=O) groups excluding carboxylic acids is 3. The second-order valence-corrected chi connectivity index (χ2v) is 8.90. The molecule has 0 aliphatic heterocycles. The predicted octanol–water partition coefficient (Wildman–Crippen LogP) is 3.77. The number of nitrogens with one attached hydrogen (secondary N) is 3. The number of phenols is 1. The standard InChI is InChI=1S/C26H22Cl2FN3O6/c27-19-11-16(24(35)31-13-14-3-1-6-18(33)9-14)12-20(28)22(19)25(36)32-21(26(37)38)7-8-30-23(34)15-4-2-5-17(29)10-15/h1-6,9-12,21,33H,7-8,13H2,(H,30,34)(H,31,35)(H,32,36)(H,37,38)/t21-/m0/s1. The van der Waals surface area contributed by atoms with Crippen LogP contribution in [-0.2, 0) is 11.3 Å². The first-order chi connectivity index (χ1) is 18.0. The van der Waals surface area contributed by atoms with Gasteiger partial charge in [0, 0.05) is 24.2 Å². The van der Waals surface area contributed by atoms with E-state index < -0.39 is 35.5 Å². The Balaban J connectivity index is 1.62. The van der Waals surface area contributed by atoms with E-state index in [1.54, 1.807) is 12.1 Å². The van der Waals surface area contributed by atoms with Crippen LogP contribution in [0.1, 0.15) is 43.1 Å². The molecule has 0 radical (unpaired) electrons. The van der Waals surface area contributed by atoms with Crippen LogP contribution in [-0.4, -0.2) is 46.5 Å². The Hall–Kier alpha value is -4.15. The lowest BCUT2D eigenvalue weighted by Gasteiger charge is -2.17. The zero-order chi connectivity index (χ0) is 27.8. The Morgan fingerprint density at radius 2 is 1.50 bits per heavy atom. The zero-order valence-electron chi connectivity index (χ0n) is 19.6. The summed E-state index contributed by atoms with van der Waals surface area (Å²) in [5.74, 6) is -3.96. The van der Waals surface area contributed by atoms with Crippen LogP contribution in [0.4, 0.5) is 4.39 Å². The summed E-state index contributed by atoms with van der Waals surface area (Å²) >= 11 is 12.4. The van der Waals surface area contributed by atoms with E-state index >= 15 is 0 Å². The smallest absolute Gasteiger partial charge is 0.326 e. The van der Waals surface area contributed by atoms with Crippen LogP contribution in [0.25, 0.3) is 0 Å². The molecule has 3 rings (SSSR count). The van der Waals surface area contributed by atoms with Crippen molar-refractivity contribution in [3.8, 4) is 5.75 Å². The van der Waals surface area contributed by atoms with Gasteiger partial charge in [-0.3, -0.25) is 14.4 Å². The van der Waals surface area contributed by atoms with E-state index in [-0.39, 0.29) is 52.0 Å². The quantitative estimate of drug-likeness (QED) is 0.255. The van der Waals surface area contributed by atoms with Gasteiger partial charge in [-0.1, -0.05) is 41.4 Å². The lowest BCUT2D eigenvalue weighted by atomic mass is 10.1. The molecule has 12 heteroatoms. The van der Waals surface area contributed by atoms with Crippen LogP contribution in [0.5, 0.6) is 5.75 Å². The molecule has 0 bridgehead atoms. The Labute approximate surface area is 226 Å². The highest BCUT2D eigenvalue weighted by Crippen LogP contribution is 2.27. The molecule has 198 valence electrons. The van der Waals surface area contributed by atoms with Gasteiger partial charge in [0.05, 0.1) is 15.6 Å². The number of halogens is 3. The summed E-state index contributed by atoms with van der Waals surface area (Å²) in [5.41, 5.74) is 0.545. The third kappa shape index (κ3) is 7.67. The number of aromatic hydroxyl groups is 1. The maximum absolute atomic E-state index is 13.3. The molecule has 0 unspecified atom stereocenters. The van der Waals surface area contributed by atoms with Crippen LogP contribution >= 0.6 is 23.2 Å². The Bertz CT molecular complexity index is 1360. The number of hydrogen-bond acceptors (Lipinski definition) is 5. The van der Waals surface area contributed by atoms with E-state index in [0.29, 0.717) is 5.56 Å². The van der Waals surface area contributed by atoms with Crippen molar-refractivity contribution in [2.45, 2.75) is 19.0 Å². The zero-order valence-corrected chi connectivity index (χ0v) is 21.1. The molecule has 0 saturated carbocycles. The molecule has 0 aliphatic rings. The third-order valence-corrected chi connectivity index (χ3v) is 5.90. The molecule has 3 aromatic carbocycles. The molecule has 5 N–H and O–H groups in total. The molecule has 9 nitrogen and oxygen atoms in total. The highest BCUT2D eigenvalue weighted by atomic mass is 35.5. The minimum absolute atomic E-state index is 0.0480. The number of rotatable bonds is 10. The Morgan fingerprint density at radius 3 is 2.13 bits per heavy atom. The highest BCUT2D eigenvalue weighted by molar-refractivity contribution is 6.40. The van der Waals surface area contributed by atoms with Crippen molar-refractivity contribution in [1.82, 2.24) is 16.0 Å². The molecule has 0 spiro atoms. The van der Waals surface area contributed by atoms with Gasteiger partial charge >= 0.3 is 5.97 Å². The van der Waals surface area contributed by atoms with Crippen molar-refractivity contribution in [3.05, 3.63) is 98.8 Å². The maximum atomic E-state index is 13.3. The summed E-state index contributed by atoms with van der Waals surface area (Å²) < 4.78 is 13.3. The van der Waals surface area contributed by atoms with Crippen molar-refractivity contribution < 1.29 is 33.8 Å². The van der Waals surface area contributed by atoms with Crippen molar-refractivity contribution in [2.75, 3.05) is 6.54 Å². The largest absolute Gasteiger partial charge is 0.508 e. The number of carboxylic acids is 1. The molecule has 0 fully saturated rings. The summed E-state index contributed by atoms with van der Waals surface area (Å²) in [5, 5.41) is 26.1. The molecular weight excluding hydrogens is 540 g/mol. The summed E-state index contributed by atoms with van der Waals surface area (Å²) in [6, 6.07) is 12.3. The summed E-state index contributed by atoms with van der Waals surface area (Å²) in [7, 11) is 0. The predicted molar refractivity (Wildman–Crippen MR) is 138 cm³/mol. The average Bonchev–Trinajstić information content (AvgIpc) is 2.86. The number of carbonyl (C=O) groups is 4. The molecule has 0 heterocycles. The minimum Gasteiger partial charge on any atom is -0.508 e. The number of phenolic OH excluding ortho intramolecular Hbond substituents is 1. The molecule has 0 aromatic heterocycles. The van der Waals surface area contributed by atoms with Crippen LogP contribution in [0, 0.1) is 5.82 Å². The average molecular weight is 562 g/mol. The van der Waals surface area contributed by atoms with Crippen molar-refractivity contribution in [2.24, 2.45) is 0 Å². The molecule has 38 heavy (non-hydrogen) atoms. The molecular formula is C26H22Cl2FN3O6. The minimum atomic E-state index is -1.41. The van der Waals surface area contributed by atoms with E-state index in [4.69, 9.17) is 23.2 Å². The Kier molecular flexibility index (Phi) is 9.64. The van der Waals surface area contributed by atoms with Gasteiger partial charge in [0.25, 0.3) is 17.7 Å². The third-order valence-electron chi connectivity index (χ3n) is 5.30. The number of aliphatic carboxylic acids is 1. The van der Waals surface area contributed by atoms with E-state index in [2.05, 4.69) is 16.0 Å². The first-order valence-corrected chi connectivity index (χ1v) is 11.9. The van der Waals surface area contributed by atoms with E-state index in [9.17, 15) is 33.8 Å². The fourth-order valence-electron chi connectivity index (χ4n) is 3.42. The molecule has 0 saturated heterocycles. The summed E-state index contributed by atoms with van der Waals surface area (Å²) in [6.45, 7) is -0.0207. The Morgan fingerprint density at radius 1 is 0.842 bits per heavy atom. The number of benzene rings is 3. The molecule has 1 atom stereocenters. The maximum Gasteiger partial charge on any atom is 0.326 e. The van der Waals surface area contributed by atoms with Crippen LogP contribution < -0.4 is 16.0 Å². The summed E-state index contributed by atoms with van der Waals surface area (Å²) in [4.78, 5) is 49.1. The van der Waals surface area contributed by atoms with Crippen molar-refractivity contribution in [3.63, 3.8) is 0 Å². The van der Waals surface area contributed by atoms with Crippen LogP contribution in [0.3, 0.4) is 0 Å². The fourth-order valence-corrected chi connectivity index (χ4v) is 4.08. The van der Waals surface area contributed by atoms with Gasteiger partial charge in [0.1, 0.15) is 17.6 Å². The van der Waals surface area contributed by atoms with Gasteiger partial charge in [0.15, 0.2) is 0 Å². The molecule has 3 aromatic rings. The highest BCUT2D eigenvalue weighted by Gasteiger charge is 2.25. The van der Waals surface area contributed by atoms with Crippen LogP contribution in [0.2, 0.25) is 10.0 Å². The van der Waals surface area contributed by atoms with Gasteiger partial charge in [-0.05, 0) is 54.4 Å². The normalized spacial score (nSPS) is 11.3. The monoisotopic (exact) mass is 561 g/mol. The number of hydrogen-bond donors (Lipinski definition) is 5. The van der Waals surface area contributed by atoms with Crippen molar-refractivity contribution in [1.29, 1.82) is 0 Å².